The van der Waals surface area contributed by atoms with Gasteiger partial charge in [0.15, 0.2) is 0 Å². The summed E-state index contributed by atoms with van der Waals surface area (Å²) in [6.07, 6.45) is 1.66. The second-order valence-electron chi connectivity index (χ2n) is 4.41. The normalized spacial score (nSPS) is 19.6. The molecule has 1 aliphatic heterocycles. The average molecular weight is 287 g/mol. The van der Waals surface area contributed by atoms with Gasteiger partial charge in [-0.15, -0.1) is 0 Å². The van der Waals surface area contributed by atoms with Gasteiger partial charge in [0.2, 0.25) is 5.91 Å². The van der Waals surface area contributed by atoms with Crippen molar-refractivity contribution in [1.29, 1.82) is 0 Å². The van der Waals surface area contributed by atoms with E-state index < -0.39 is 5.82 Å². The number of rotatable bonds is 4. The molecule has 1 unspecified atom stereocenters. The van der Waals surface area contributed by atoms with E-state index in [2.05, 4.69) is 5.32 Å². The van der Waals surface area contributed by atoms with Crippen LogP contribution in [0.4, 0.5) is 4.39 Å². The molecule has 1 aromatic carbocycles. The summed E-state index contributed by atoms with van der Waals surface area (Å²) in [4.78, 5) is 17.1. The van der Waals surface area contributed by atoms with Crippen LogP contribution in [0.1, 0.15) is 18.4 Å². The maximum atomic E-state index is 13.7. The highest BCUT2D eigenvalue weighted by Gasteiger charge is 2.30. The SMILES string of the molecule is CON1CCCC1C(=O)NCc1cccc(Cl)c1F. The van der Waals surface area contributed by atoms with Gasteiger partial charge in [-0.05, 0) is 18.9 Å². The number of carbonyl (C=O) groups is 1. The van der Waals surface area contributed by atoms with Crippen LogP contribution in [0.5, 0.6) is 0 Å². The summed E-state index contributed by atoms with van der Waals surface area (Å²) < 4.78 is 13.7. The molecule has 1 fully saturated rings. The number of hydrogen-bond acceptors (Lipinski definition) is 3. The summed E-state index contributed by atoms with van der Waals surface area (Å²) in [5, 5.41) is 4.42. The van der Waals surface area contributed by atoms with Gasteiger partial charge >= 0.3 is 0 Å². The predicted molar refractivity (Wildman–Crippen MR) is 70.0 cm³/mol. The number of hydrogen-bond donors (Lipinski definition) is 1. The molecule has 0 aromatic heterocycles. The van der Waals surface area contributed by atoms with Crippen molar-refractivity contribution in [2.75, 3.05) is 13.7 Å². The first kappa shape index (κ1) is 14.2. The minimum atomic E-state index is -0.487. The fraction of sp³-hybridized carbons (Fsp3) is 0.462. The lowest BCUT2D eigenvalue weighted by Crippen LogP contribution is -2.42. The number of halogens is 2. The fourth-order valence-electron chi connectivity index (χ4n) is 2.21. The highest BCUT2D eigenvalue weighted by Crippen LogP contribution is 2.19. The Morgan fingerprint density at radius 3 is 3.16 bits per heavy atom. The summed E-state index contributed by atoms with van der Waals surface area (Å²) >= 11 is 5.69. The Morgan fingerprint density at radius 1 is 1.63 bits per heavy atom. The van der Waals surface area contributed by atoms with Crippen molar-refractivity contribution < 1.29 is 14.0 Å². The molecule has 4 nitrogen and oxygen atoms in total. The number of benzene rings is 1. The van der Waals surface area contributed by atoms with E-state index in [0.29, 0.717) is 5.56 Å². The Hall–Kier alpha value is -1.17. The van der Waals surface area contributed by atoms with E-state index in [9.17, 15) is 9.18 Å². The van der Waals surface area contributed by atoms with Crippen molar-refractivity contribution in [3.8, 4) is 0 Å². The minimum Gasteiger partial charge on any atom is -0.350 e. The molecule has 104 valence electrons. The van der Waals surface area contributed by atoms with Gasteiger partial charge in [-0.1, -0.05) is 23.7 Å². The fourth-order valence-corrected chi connectivity index (χ4v) is 2.40. The van der Waals surface area contributed by atoms with Gasteiger partial charge in [-0.25, -0.2) is 4.39 Å². The van der Waals surface area contributed by atoms with E-state index in [4.69, 9.17) is 16.4 Å². The lowest BCUT2D eigenvalue weighted by Gasteiger charge is -2.20. The summed E-state index contributed by atoms with van der Waals surface area (Å²) in [6, 6.07) is 4.44. The number of amides is 1. The molecule has 1 saturated heterocycles. The summed E-state index contributed by atoms with van der Waals surface area (Å²) in [7, 11) is 1.54. The van der Waals surface area contributed by atoms with Gasteiger partial charge in [-0.2, -0.15) is 5.06 Å². The topological polar surface area (TPSA) is 41.6 Å². The van der Waals surface area contributed by atoms with Gasteiger partial charge in [0, 0.05) is 18.7 Å². The Balaban J connectivity index is 1.95. The van der Waals surface area contributed by atoms with Crippen LogP contribution >= 0.6 is 11.6 Å². The van der Waals surface area contributed by atoms with Crippen LogP contribution in [-0.4, -0.2) is 30.7 Å². The lowest BCUT2D eigenvalue weighted by atomic mass is 10.2. The first-order chi connectivity index (χ1) is 9.13. The third-order valence-corrected chi connectivity index (χ3v) is 3.52. The molecule has 6 heteroatoms. The van der Waals surface area contributed by atoms with Crippen LogP contribution in [-0.2, 0) is 16.2 Å². The summed E-state index contributed by atoms with van der Waals surface area (Å²) in [5.74, 6) is -0.641. The maximum Gasteiger partial charge on any atom is 0.240 e. The molecule has 1 atom stereocenters. The molecule has 1 aliphatic rings. The first-order valence-corrected chi connectivity index (χ1v) is 6.52. The van der Waals surface area contributed by atoms with Crippen LogP contribution < -0.4 is 5.32 Å². The lowest BCUT2D eigenvalue weighted by molar-refractivity contribution is -0.160. The molecule has 0 saturated carbocycles. The zero-order valence-corrected chi connectivity index (χ0v) is 11.4. The molecule has 1 heterocycles. The second-order valence-corrected chi connectivity index (χ2v) is 4.82. The van der Waals surface area contributed by atoms with Crippen molar-refractivity contribution >= 4 is 17.5 Å². The minimum absolute atomic E-state index is 0.0612. The molecule has 1 aromatic rings. The van der Waals surface area contributed by atoms with Crippen LogP contribution in [0.25, 0.3) is 0 Å². The Bertz CT molecular complexity index is 470. The second kappa shape index (κ2) is 6.32. The van der Waals surface area contributed by atoms with Crippen molar-refractivity contribution in [2.24, 2.45) is 0 Å². The third kappa shape index (κ3) is 3.23. The quantitative estimate of drug-likeness (QED) is 0.922. The predicted octanol–water partition coefficient (Wildman–Crippen LogP) is 2.12. The van der Waals surface area contributed by atoms with Crippen LogP contribution in [0.15, 0.2) is 18.2 Å². The van der Waals surface area contributed by atoms with Gasteiger partial charge in [0.1, 0.15) is 11.9 Å². The molecule has 1 amide bonds. The van der Waals surface area contributed by atoms with E-state index in [1.165, 1.54) is 6.07 Å². The Kier molecular flexibility index (Phi) is 4.74. The molecule has 0 radical (unpaired) electrons. The summed E-state index contributed by atoms with van der Waals surface area (Å²) in [5.41, 5.74) is 0.378. The number of nitrogens with one attached hydrogen (secondary N) is 1. The molecular weight excluding hydrogens is 271 g/mol. The molecule has 0 spiro atoms. The molecular formula is C13H16ClFN2O2. The molecule has 0 bridgehead atoms. The number of hydroxylamine groups is 2. The monoisotopic (exact) mass is 286 g/mol. The average Bonchev–Trinajstić information content (AvgIpc) is 2.88. The maximum absolute atomic E-state index is 13.7. The number of carbonyl (C=O) groups excluding carboxylic acids is 1. The van der Waals surface area contributed by atoms with E-state index >= 15 is 0 Å². The van der Waals surface area contributed by atoms with Gasteiger partial charge in [0.25, 0.3) is 0 Å². The Morgan fingerprint density at radius 2 is 2.42 bits per heavy atom. The number of nitrogens with zero attached hydrogens (tertiary/aromatic N) is 1. The zero-order chi connectivity index (χ0) is 13.8. The molecule has 1 N–H and O–H groups in total. The smallest absolute Gasteiger partial charge is 0.240 e. The van der Waals surface area contributed by atoms with Crippen molar-refractivity contribution in [1.82, 2.24) is 10.4 Å². The van der Waals surface area contributed by atoms with Gasteiger partial charge in [-0.3, -0.25) is 4.79 Å². The van der Waals surface area contributed by atoms with E-state index in [-0.39, 0.29) is 23.5 Å². The largest absolute Gasteiger partial charge is 0.350 e. The first-order valence-electron chi connectivity index (χ1n) is 6.15. The molecule has 0 aliphatic carbocycles. The van der Waals surface area contributed by atoms with E-state index in [1.807, 2.05) is 0 Å². The molecule has 19 heavy (non-hydrogen) atoms. The van der Waals surface area contributed by atoms with E-state index in [0.717, 1.165) is 19.4 Å². The summed E-state index contributed by atoms with van der Waals surface area (Å²) in [6.45, 7) is 0.861. The van der Waals surface area contributed by atoms with Crippen LogP contribution in [0, 0.1) is 5.82 Å². The van der Waals surface area contributed by atoms with Crippen molar-refractivity contribution in [3.63, 3.8) is 0 Å². The Labute approximate surface area is 116 Å². The van der Waals surface area contributed by atoms with Crippen molar-refractivity contribution in [2.45, 2.75) is 25.4 Å². The van der Waals surface area contributed by atoms with E-state index in [1.54, 1.807) is 24.3 Å². The van der Waals surface area contributed by atoms with Crippen molar-refractivity contribution in [3.05, 3.63) is 34.6 Å². The van der Waals surface area contributed by atoms with Gasteiger partial charge in [0.05, 0.1) is 12.1 Å². The van der Waals surface area contributed by atoms with Crippen LogP contribution in [0.3, 0.4) is 0 Å². The standard InChI is InChI=1S/C13H16ClFN2O2/c1-19-17-7-3-6-11(17)13(18)16-8-9-4-2-5-10(14)12(9)15/h2,4-5,11H,3,6-8H2,1H3,(H,16,18). The highest BCUT2D eigenvalue weighted by molar-refractivity contribution is 6.30. The highest BCUT2D eigenvalue weighted by atomic mass is 35.5. The third-order valence-electron chi connectivity index (χ3n) is 3.23. The zero-order valence-electron chi connectivity index (χ0n) is 10.7. The van der Waals surface area contributed by atoms with Crippen LogP contribution in [0.2, 0.25) is 5.02 Å². The molecule has 2 rings (SSSR count). The van der Waals surface area contributed by atoms with Gasteiger partial charge < -0.3 is 10.2 Å².